The van der Waals surface area contributed by atoms with Gasteiger partial charge in [-0.05, 0) is 33.0 Å². The van der Waals surface area contributed by atoms with Crippen molar-refractivity contribution in [3.63, 3.8) is 0 Å². The lowest BCUT2D eigenvalue weighted by atomic mass is 10.1. The lowest BCUT2D eigenvalue weighted by molar-refractivity contribution is 0.0737. The second-order valence-corrected chi connectivity index (χ2v) is 3.25. The first-order valence-corrected chi connectivity index (χ1v) is 5.40. The maximum atomic E-state index is 11.9. The van der Waals surface area contributed by atoms with Crippen molar-refractivity contribution >= 4 is 0 Å². The van der Waals surface area contributed by atoms with Crippen LogP contribution in [-0.4, -0.2) is 44.0 Å². The Morgan fingerprint density at radius 2 is 1.79 bits per heavy atom. The van der Waals surface area contributed by atoms with Crippen molar-refractivity contribution in [3.05, 3.63) is 0 Å². The fourth-order valence-corrected chi connectivity index (χ4v) is 1.60. The Bertz CT molecular complexity index is 123. The van der Waals surface area contributed by atoms with E-state index in [1.807, 2.05) is 25.8 Å². The highest BCUT2D eigenvalue weighted by molar-refractivity contribution is 4.75. The molecule has 0 bridgehead atoms. The van der Waals surface area contributed by atoms with Crippen molar-refractivity contribution in [1.82, 2.24) is 10.2 Å². The molecule has 0 aromatic heterocycles. The van der Waals surface area contributed by atoms with Crippen LogP contribution in [0.1, 0.15) is 26.7 Å². The third-order valence-corrected chi connectivity index (χ3v) is 2.39. The molecular weight excluding hydrogens is 186 g/mol. The molecule has 1 fully saturated rings. The average molecular weight is 208 g/mol. The number of nitrogens with one attached hydrogen (secondary N) is 1. The molecule has 0 saturated carbocycles. The van der Waals surface area contributed by atoms with Crippen LogP contribution in [0.25, 0.3) is 0 Å². The van der Waals surface area contributed by atoms with E-state index in [9.17, 15) is 8.78 Å². The quantitative estimate of drug-likeness (QED) is 0.762. The van der Waals surface area contributed by atoms with E-state index < -0.39 is 6.43 Å². The van der Waals surface area contributed by atoms with Gasteiger partial charge in [0.1, 0.15) is 0 Å². The minimum Gasteiger partial charge on any atom is -0.317 e. The highest BCUT2D eigenvalue weighted by Gasteiger charge is 2.19. The van der Waals surface area contributed by atoms with Gasteiger partial charge in [0.25, 0.3) is 6.43 Å². The van der Waals surface area contributed by atoms with Crippen LogP contribution in [0.2, 0.25) is 0 Å². The summed E-state index contributed by atoms with van der Waals surface area (Å²) in [6.07, 6.45) is -0.206. The molecule has 4 heteroatoms. The summed E-state index contributed by atoms with van der Waals surface area (Å²) in [5, 5.41) is 3.16. The highest BCUT2D eigenvalue weighted by Crippen LogP contribution is 2.10. The first-order valence-electron chi connectivity index (χ1n) is 5.40. The molecule has 1 aliphatic heterocycles. The minimum absolute atomic E-state index is 0.0591. The first-order chi connectivity index (χ1) is 6.72. The van der Waals surface area contributed by atoms with E-state index >= 15 is 0 Å². The SMILES string of the molecule is CC.CNC1CCN(CC(F)F)CC1. The van der Waals surface area contributed by atoms with Crippen LogP contribution in [0.5, 0.6) is 0 Å². The van der Waals surface area contributed by atoms with Crippen LogP contribution in [0, 0.1) is 0 Å². The molecule has 1 heterocycles. The Kier molecular flexibility index (Phi) is 7.99. The fraction of sp³-hybridized carbons (Fsp3) is 1.00. The number of nitrogens with zero attached hydrogens (tertiary/aromatic N) is 1. The van der Waals surface area contributed by atoms with Crippen LogP contribution < -0.4 is 5.32 Å². The van der Waals surface area contributed by atoms with Gasteiger partial charge < -0.3 is 5.32 Å². The molecular formula is C10H22F2N2. The van der Waals surface area contributed by atoms with Crippen molar-refractivity contribution in [3.8, 4) is 0 Å². The summed E-state index contributed by atoms with van der Waals surface area (Å²) >= 11 is 0. The number of hydrogen-bond acceptors (Lipinski definition) is 2. The van der Waals surface area contributed by atoms with E-state index in [0.717, 1.165) is 25.9 Å². The smallest absolute Gasteiger partial charge is 0.251 e. The van der Waals surface area contributed by atoms with Gasteiger partial charge in [-0.2, -0.15) is 0 Å². The molecule has 2 nitrogen and oxygen atoms in total. The Hall–Kier alpha value is -0.220. The second kappa shape index (κ2) is 8.12. The van der Waals surface area contributed by atoms with Crippen LogP contribution in [0.3, 0.4) is 0 Å². The van der Waals surface area contributed by atoms with Crippen molar-refractivity contribution in [2.75, 3.05) is 26.7 Å². The van der Waals surface area contributed by atoms with E-state index in [0.29, 0.717) is 6.04 Å². The Morgan fingerprint density at radius 3 is 2.14 bits per heavy atom. The Balaban J connectivity index is 0.000000791. The summed E-state index contributed by atoms with van der Waals surface area (Å²) < 4.78 is 23.9. The van der Waals surface area contributed by atoms with Gasteiger partial charge in [-0.25, -0.2) is 8.78 Å². The molecule has 1 aliphatic rings. The maximum Gasteiger partial charge on any atom is 0.251 e. The molecule has 0 amide bonds. The number of halogens is 2. The summed E-state index contributed by atoms with van der Waals surface area (Å²) in [4.78, 5) is 1.83. The second-order valence-electron chi connectivity index (χ2n) is 3.25. The van der Waals surface area contributed by atoms with Gasteiger partial charge >= 0.3 is 0 Å². The molecule has 1 saturated heterocycles. The van der Waals surface area contributed by atoms with E-state index in [1.54, 1.807) is 0 Å². The van der Waals surface area contributed by atoms with Crippen LogP contribution in [0.4, 0.5) is 8.78 Å². The van der Waals surface area contributed by atoms with E-state index in [-0.39, 0.29) is 6.54 Å². The van der Waals surface area contributed by atoms with E-state index in [4.69, 9.17) is 0 Å². The van der Waals surface area contributed by atoms with Crippen molar-refractivity contribution < 1.29 is 8.78 Å². The van der Waals surface area contributed by atoms with Gasteiger partial charge in [-0.15, -0.1) is 0 Å². The standard InChI is InChI=1S/C8H16F2N2.C2H6/c1-11-7-2-4-12(5-3-7)6-8(9)10;1-2/h7-8,11H,2-6H2,1H3;1-2H3. The van der Waals surface area contributed by atoms with Crippen LogP contribution in [-0.2, 0) is 0 Å². The first kappa shape index (κ1) is 13.8. The molecule has 0 spiro atoms. The van der Waals surface area contributed by atoms with Gasteiger partial charge in [-0.3, -0.25) is 4.90 Å². The maximum absolute atomic E-state index is 11.9. The number of rotatable bonds is 3. The van der Waals surface area contributed by atoms with Crippen molar-refractivity contribution in [1.29, 1.82) is 0 Å². The number of alkyl halides is 2. The third kappa shape index (κ3) is 5.50. The van der Waals surface area contributed by atoms with E-state index in [2.05, 4.69) is 5.32 Å². The molecule has 86 valence electrons. The zero-order valence-corrected chi connectivity index (χ0v) is 9.39. The molecule has 1 rings (SSSR count). The largest absolute Gasteiger partial charge is 0.317 e. The van der Waals surface area contributed by atoms with Crippen LogP contribution >= 0.6 is 0 Å². The van der Waals surface area contributed by atoms with Crippen molar-refractivity contribution in [2.45, 2.75) is 39.2 Å². The summed E-state index contributed by atoms with van der Waals surface area (Å²) in [5.41, 5.74) is 0. The fourth-order valence-electron chi connectivity index (χ4n) is 1.60. The monoisotopic (exact) mass is 208 g/mol. The van der Waals surface area contributed by atoms with Gasteiger partial charge in [0.2, 0.25) is 0 Å². The lowest BCUT2D eigenvalue weighted by Crippen LogP contribution is -2.42. The normalized spacial score (nSPS) is 19.3. The van der Waals surface area contributed by atoms with Crippen molar-refractivity contribution in [2.24, 2.45) is 0 Å². The predicted molar refractivity (Wildman–Crippen MR) is 55.9 cm³/mol. The summed E-state index contributed by atoms with van der Waals surface area (Å²) in [6, 6.07) is 0.527. The lowest BCUT2D eigenvalue weighted by Gasteiger charge is -2.31. The topological polar surface area (TPSA) is 15.3 Å². The molecule has 0 unspecified atom stereocenters. The molecule has 0 radical (unpaired) electrons. The third-order valence-electron chi connectivity index (χ3n) is 2.39. The molecule has 1 N–H and O–H groups in total. The average Bonchev–Trinajstić information content (AvgIpc) is 2.21. The summed E-state index contributed by atoms with van der Waals surface area (Å²) in [7, 11) is 1.92. The molecule has 0 aromatic rings. The summed E-state index contributed by atoms with van der Waals surface area (Å²) in [5.74, 6) is 0. The van der Waals surface area contributed by atoms with Gasteiger partial charge in [0, 0.05) is 6.04 Å². The predicted octanol–water partition coefficient (Wildman–Crippen LogP) is 1.96. The zero-order valence-electron chi connectivity index (χ0n) is 9.39. The number of likely N-dealkylation sites (tertiary alicyclic amines) is 1. The highest BCUT2D eigenvalue weighted by atomic mass is 19.3. The molecule has 0 aromatic carbocycles. The van der Waals surface area contributed by atoms with Gasteiger partial charge in [-0.1, -0.05) is 13.8 Å². The number of piperidine rings is 1. The van der Waals surface area contributed by atoms with Gasteiger partial charge in [0.15, 0.2) is 0 Å². The summed E-state index contributed by atoms with van der Waals surface area (Å²) in [6.45, 7) is 5.54. The zero-order chi connectivity index (χ0) is 11.0. The Labute approximate surface area is 85.7 Å². The van der Waals surface area contributed by atoms with Gasteiger partial charge in [0.05, 0.1) is 6.54 Å². The Morgan fingerprint density at radius 1 is 1.29 bits per heavy atom. The van der Waals surface area contributed by atoms with E-state index in [1.165, 1.54) is 0 Å². The molecule has 0 aliphatic carbocycles. The molecule has 14 heavy (non-hydrogen) atoms. The number of hydrogen-bond donors (Lipinski definition) is 1. The van der Waals surface area contributed by atoms with Crippen LogP contribution in [0.15, 0.2) is 0 Å². The minimum atomic E-state index is -2.18. The molecule has 0 atom stereocenters.